The van der Waals surface area contributed by atoms with E-state index in [1.54, 1.807) is 0 Å². The molecule has 0 spiro atoms. The minimum atomic E-state index is 0.751. The topological polar surface area (TPSA) is 30.7 Å². The number of nitrogens with zero attached hydrogens (tertiary/aromatic N) is 3. The normalized spacial score (nSPS) is 10.0. The van der Waals surface area contributed by atoms with Crippen LogP contribution in [0.15, 0.2) is 67.1 Å². The Hall–Kier alpha value is -2.42. The van der Waals surface area contributed by atoms with E-state index >= 15 is 0 Å². The minimum Gasteiger partial charge on any atom is -0.293 e. The predicted octanol–water partition coefficient (Wildman–Crippen LogP) is 4.86. The van der Waals surface area contributed by atoms with Gasteiger partial charge in [-0.3, -0.25) is 4.57 Å². The van der Waals surface area contributed by atoms with Gasteiger partial charge in [-0.15, -0.1) is 0 Å². The van der Waals surface area contributed by atoms with E-state index in [0.29, 0.717) is 0 Å². The Morgan fingerprint density at radius 1 is 0.826 bits per heavy atom. The molecule has 0 N–H and O–H groups in total. The third kappa shape index (κ3) is 5.37. The molecule has 0 aliphatic carbocycles. The first-order valence-corrected chi connectivity index (χ1v) is 8.41. The zero-order valence-corrected chi connectivity index (χ0v) is 14.0. The summed E-state index contributed by atoms with van der Waals surface area (Å²) in [5.41, 5.74) is 2.52. The van der Waals surface area contributed by atoms with Crippen molar-refractivity contribution in [2.75, 3.05) is 0 Å². The second kappa shape index (κ2) is 9.57. The molecule has 0 bridgehead atoms. The zero-order chi connectivity index (χ0) is 16.3. The minimum absolute atomic E-state index is 0.751. The van der Waals surface area contributed by atoms with Crippen molar-refractivity contribution in [2.45, 2.75) is 39.5 Å². The van der Waals surface area contributed by atoms with Crippen LogP contribution in [0.5, 0.6) is 0 Å². The largest absolute Gasteiger partial charge is 0.293 e. The van der Waals surface area contributed by atoms with Crippen molar-refractivity contribution < 1.29 is 0 Å². The van der Waals surface area contributed by atoms with Gasteiger partial charge in [0.25, 0.3) is 0 Å². The van der Waals surface area contributed by atoms with Crippen LogP contribution in [0.25, 0.3) is 5.95 Å². The predicted molar refractivity (Wildman–Crippen MR) is 95.8 cm³/mol. The second-order valence-electron chi connectivity index (χ2n) is 5.13. The molecule has 0 saturated carbocycles. The van der Waals surface area contributed by atoms with Gasteiger partial charge in [-0.25, -0.2) is 9.97 Å². The third-order valence-corrected chi connectivity index (χ3v) is 3.53. The first kappa shape index (κ1) is 16.9. The average Bonchev–Trinajstić information content (AvgIpc) is 3.16. The highest BCUT2D eigenvalue weighted by atomic mass is 15.1. The van der Waals surface area contributed by atoms with E-state index < -0.39 is 0 Å². The number of aromatic nitrogens is 3. The quantitative estimate of drug-likeness (QED) is 0.609. The lowest BCUT2D eigenvalue weighted by Crippen LogP contribution is -2.01. The SMILES string of the molecule is CC.c1ccc(CCCCc2ccnc(-n3cccc3)n2)cc1. The highest BCUT2D eigenvalue weighted by Gasteiger charge is 2.01. The standard InChI is InChI=1S/C18H19N3.C2H6/c1-2-8-16(9-3-1)10-4-5-11-17-12-13-19-18(20-17)21-14-6-7-15-21;1-2/h1-3,6-9,12-15H,4-5,10-11H2;1-2H3. The van der Waals surface area contributed by atoms with Gasteiger partial charge in [-0.1, -0.05) is 44.2 Å². The van der Waals surface area contributed by atoms with Gasteiger partial charge in [0.15, 0.2) is 0 Å². The van der Waals surface area contributed by atoms with Gasteiger partial charge in [0.1, 0.15) is 0 Å². The summed E-state index contributed by atoms with van der Waals surface area (Å²) in [5, 5.41) is 0. The lowest BCUT2D eigenvalue weighted by molar-refractivity contribution is 0.717. The van der Waals surface area contributed by atoms with Crippen LogP contribution in [0.2, 0.25) is 0 Å². The summed E-state index contributed by atoms with van der Waals surface area (Å²) in [6, 6.07) is 16.6. The van der Waals surface area contributed by atoms with E-state index in [1.165, 1.54) is 12.0 Å². The van der Waals surface area contributed by atoms with Crippen molar-refractivity contribution in [1.82, 2.24) is 14.5 Å². The van der Waals surface area contributed by atoms with Gasteiger partial charge in [0.05, 0.1) is 0 Å². The molecule has 3 heteroatoms. The first-order chi connectivity index (χ1) is 11.4. The van der Waals surface area contributed by atoms with Crippen molar-refractivity contribution in [1.29, 1.82) is 0 Å². The maximum atomic E-state index is 4.61. The molecule has 0 fully saturated rings. The molecule has 1 aromatic carbocycles. The molecular weight excluding hydrogens is 282 g/mol. The summed E-state index contributed by atoms with van der Waals surface area (Å²) < 4.78 is 1.94. The van der Waals surface area contributed by atoms with Gasteiger partial charge in [-0.05, 0) is 49.4 Å². The molecule has 2 aromatic heterocycles. The Balaban J connectivity index is 0.000000924. The zero-order valence-electron chi connectivity index (χ0n) is 14.0. The Kier molecular flexibility index (Phi) is 7.05. The number of unbranched alkanes of at least 4 members (excludes halogenated alkanes) is 1. The van der Waals surface area contributed by atoms with Crippen LogP contribution in [0, 0.1) is 0 Å². The monoisotopic (exact) mass is 307 g/mol. The van der Waals surface area contributed by atoms with E-state index in [9.17, 15) is 0 Å². The van der Waals surface area contributed by atoms with Gasteiger partial charge in [0.2, 0.25) is 5.95 Å². The molecule has 0 aliphatic rings. The molecule has 120 valence electrons. The molecule has 0 aliphatic heterocycles. The van der Waals surface area contributed by atoms with E-state index in [-0.39, 0.29) is 0 Å². The number of hydrogen-bond acceptors (Lipinski definition) is 2. The number of aryl methyl sites for hydroxylation is 2. The van der Waals surface area contributed by atoms with Crippen LogP contribution >= 0.6 is 0 Å². The van der Waals surface area contributed by atoms with Gasteiger partial charge in [0, 0.05) is 24.3 Å². The van der Waals surface area contributed by atoms with Gasteiger partial charge >= 0.3 is 0 Å². The lowest BCUT2D eigenvalue weighted by Gasteiger charge is -2.05. The number of benzene rings is 1. The van der Waals surface area contributed by atoms with Crippen LogP contribution in [-0.4, -0.2) is 14.5 Å². The molecule has 0 saturated heterocycles. The summed E-state index contributed by atoms with van der Waals surface area (Å²) in [6.45, 7) is 4.00. The molecule has 0 atom stereocenters. The maximum Gasteiger partial charge on any atom is 0.233 e. The highest BCUT2D eigenvalue weighted by Crippen LogP contribution is 2.09. The van der Waals surface area contributed by atoms with E-state index in [0.717, 1.165) is 30.9 Å². The van der Waals surface area contributed by atoms with Gasteiger partial charge in [-0.2, -0.15) is 0 Å². The molecule has 0 unspecified atom stereocenters. The lowest BCUT2D eigenvalue weighted by atomic mass is 10.1. The van der Waals surface area contributed by atoms with Crippen LogP contribution in [0.3, 0.4) is 0 Å². The Bertz CT molecular complexity index is 660. The summed E-state index contributed by atoms with van der Waals surface area (Å²) in [7, 11) is 0. The summed E-state index contributed by atoms with van der Waals surface area (Å²) in [5.74, 6) is 0.751. The Morgan fingerprint density at radius 2 is 1.52 bits per heavy atom. The molecule has 23 heavy (non-hydrogen) atoms. The van der Waals surface area contributed by atoms with Crippen LogP contribution in [0.4, 0.5) is 0 Å². The second-order valence-corrected chi connectivity index (χ2v) is 5.13. The molecule has 0 radical (unpaired) electrons. The van der Waals surface area contributed by atoms with Gasteiger partial charge < -0.3 is 0 Å². The van der Waals surface area contributed by atoms with Crippen LogP contribution < -0.4 is 0 Å². The van der Waals surface area contributed by atoms with Crippen molar-refractivity contribution in [2.24, 2.45) is 0 Å². The van der Waals surface area contributed by atoms with E-state index in [2.05, 4.69) is 40.3 Å². The summed E-state index contributed by atoms with van der Waals surface area (Å²) in [6.07, 6.45) is 10.3. The third-order valence-electron chi connectivity index (χ3n) is 3.53. The Labute approximate surface area is 139 Å². The first-order valence-electron chi connectivity index (χ1n) is 8.41. The molecule has 0 amide bonds. The van der Waals surface area contributed by atoms with Crippen molar-refractivity contribution in [3.63, 3.8) is 0 Å². The highest BCUT2D eigenvalue weighted by molar-refractivity contribution is 5.17. The fraction of sp³-hybridized carbons (Fsp3) is 0.300. The smallest absolute Gasteiger partial charge is 0.233 e. The summed E-state index contributed by atoms with van der Waals surface area (Å²) in [4.78, 5) is 8.92. The molecule has 2 heterocycles. The van der Waals surface area contributed by atoms with Crippen molar-refractivity contribution in [3.05, 3.63) is 78.4 Å². The molecule has 3 rings (SSSR count). The molecular formula is C20H25N3. The summed E-state index contributed by atoms with van der Waals surface area (Å²) >= 11 is 0. The van der Waals surface area contributed by atoms with Crippen molar-refractivity contribution >= 4 is 0 Å². The fourth-order valence-corrected chi connectivity index (χ4v) is 2.40. The van der Waals surface area contributed by atoms with E-state index in [1.807, 2.05) is 55.2 Å². The molecule has 3 aromatic rings. The van der Waals surface area contributed by atoms with Crippen LogP contribution in [0.1, 0.15) is 37.9 Å². The maximum absolute atomic E-state index is 4.61. The number of hydrogen-bond donors (Lipinski definition) is 0. The average molecular weight is 307 g/mol. The van der Waals surface area contributed by atoms with E-state index in [4.69, 9.17) is 0 Å². The van der Waals surface area contributed by atoms with Crippen LogP contribution in [-0.2, 0) is 12.8 Å². The Morgan fingerprint density at radius 3 is 2.26 bits per heavy atom. The van der Waals surface area contributed by atoms with Crippen molar-refractivity contribution in [3.8, 4) is 5.95 Å². The number of rotatable bonds is 6. The molecule has 3 nitrogen and oxygen atoms in total. The fourth-order valence-electron chi connectivity index (χ4n) is 2.40.